The molecule has 0 radical (unpaired) electrons. The van der Waals surface area contributed by atoms with Crippen molar-refractivity contribution in [2.24, 2.45) is 5.92 Å². The Kier molecular flexibility index (Phi) is 5.66. The third kappa shape index (κ3) is 4.88. The number of hydrogen-bond acceptors (Lipinski definition) is 2. The predicted molar refractivity (Wildman–Crippen MR) is 73.1 cm³/mol. The molecule has 96 valence electrons. The zero-order valence-corrected chi connectivity index (χ0v) is 11.4. The normalized spacial score (nSPS) is 16.8. The summed E-state index contributed by atoms with van der Waals surface area (Å²) >= 11 is 0. The Labute approximate surface area is 105 Å². The van der Waals surface area contributed by atoms with Gasteiger partial charge in [-0.3, -0.25) is 0 Å². The second kappa shape index (κ2) is 6.77. The molecule has 1 aromatic rings. The van der Waals surface area contributed by atoms with E-state index in [1.807, 2.05) is 25.1 Å². The molecule has 1 aromatic carbocycles. The molecular formula is C15H25NO. The maximum atomic E-state index is 10.1. The van der Waals surface area contributed by atoms with Crippen LogP contribution in [0.25, 0.3) is 0 Å². The van der Waals surface area contributed by atoms with Gasteiger partial charge >= 0.3 is 0 Å². The van der Waals surface area contributed by atoms with Crippen molar-refractivity contribution in [3.8, 4) is 0 Å². The quantitative estimate of drug-likeness (QED) is 0.794. The van der Waals surface area contributed by atoms with Crippen molar-refractivity contribution in [2.45, 2.75) is 52.3 Å². The van der Waals surface area contributed by atoms with Gasteiger partial charge in [0.1, 0.15) is 0 Å². The van der Waals surface area contributed by atoms with E-state index in [0.717, 1.165) is 0 Å². The van der Waals surface area contributed by atoms with Crippen LogP contribution in [0.3, 0.4) is 0 Å². The molecule has 17 heavy (non-hydrogen) atoms. The summed E-state index contributed by atoms with van der Waals surface area (Å²) in [4.78, 5) is 0. The predicted octanol–water partition coefficient (Wildman–Crippen LogP) is 2.61. The van der Waals surface area contributed by atoms with Gasteiger partial charge in [0.25, 0.3) is 0 Å². The molecule has 0 bridgehead atoms. The van der Waals surface area contributed by atoms with Gasteiger partial charge in [0.15, 0.2) is 0 Å². The molecule has 0 heterocycles. The van der Waals surface area contributed by atoms with Gasteiger partial charge in [0.2, 0.25) is 0 Å². The van der Waals surface area contributed by atoms with Crippen molar-refractivity contribution in [3.05, 3.63) is 35.9 Å². The third-order valence-corrected chi connectivity index (χ3v) is 3.39. The van der Waals surface area contributed by atoms with Crippen LogP contribution in [0.4, 0.5) is 0 Å². The molecule has 0 fully saturated rings. The Hall–Kier alpha value is -0.860. The topological polar surface area (TPSA) is 32.3 Å². The highest BCUT2D eigenvalue weighted by atomic mass is 16.3. The number of aliphatic hydroxyl groups is 1. The Balaban J connectivity index is 2.44. The minimum absolute atomic E-state index is 0.118. The number of benzene rings is 1. The molecule has 0 saturated carbocycles. The fourth-order valence-electron chi connectivity index (χ4n) is 1.75. The summed E-state index contributed by atoms with van der Waals surface area (Å²) in [6.07, 6.45) is 0.374. The maximum Gasteiger partial charge on any atom is 0.0730 e. The van der Waals surface area contributed by atoms with Gasteiger partial charge in [-0.2, -0.15) is 0 Å². The molecule has 0 aromatic heterocycles. The minimum atomic E-state index is -0.335. The Morgan fingerprint density at radius 1 is 1.00 bits per heavy atom. The SMILES string of the molecule is CC(C)C(C)NC(C)C(O)Cc1ccccc1. The maximum absolute atomic E-state index is 10.1. The highest BCUT2D eigenvalue weighted by molar-refractivity contribution is 5.15. The summed E-state index contributed by atoms with van der Waals surface area (Å²) in [5.74, 6) is 0.585. The fourth-order valence-corrected chi connectivity index (χ4v) is 1.75. The van der Waals surface area contributed by atoms with E-state index in [9.17, 15) is 5.11 Å². The van der Waals surface area contributed by atoms with Crippen molar-refractivity contribution in [1.29, 1.82) is 0 Å². The van der Waals surface area contributed by atoms with Crippen molar-refractivity contribution in [3.63, 3.8) is 0 Å². The lowest BCUT2D eigenvalue weighted by Gasteiger charge is -2.26. The van der Waals surface area contributed by atoms with Crippen LogP contribution < -0.4 is 5.32 Å². The largest absolute Gasteiger partial charge is 0.391 e. The molecule has 0 aliphatic rings. The van der Waals surface area contributed by atoms with Gasteiger partial charge in [-0.25, -0.2) is 0 Å². The van der Waals surface area contributed by atoms with Crippen LogP contribution in [0.2, 0.25) is 0 Å². The van der Waals surface area contributed by atoms with Crippen LogP contribution in [-0.2, 0) is 6.42 Å². The molecule has 3 unspecified atom stereocenters. The molecule has 0 saturated heterocycles. The van der Waals surface area contributed by atoms with Crippen molar-refractivity contribution < 1.29 is 5.11 Å². The molecule has 2 nitrogen and oxygen atoms in total. The van der Waals surface area contributed by atoms with Gasteiger partial charge in [-0.1, -0.05) is 44.2 Å². The lowest BCUT2D eigenvalue weighted by atomic mass is 10.0. The average molecular weight is 235 g/mol. The van der Waals surface area contributed by atoms with E-state index in [-0.39, 0.29) is 12.1 Å². The molecule has 0 aliphatic heterocycles. The molecule has 0 spiro atoms. The summed E-state index contributed by atoms with van der Waals surface area (Å²) < 4.78 is 0. The highest BCUT2D eigenvalue weighted by Gasteiger charge is 2.17. The summed E-state index contributed by atoms with van der Waals surface area (Å²) in [5.41, 5.74) is 1.19. The van der Waals surface area contributed by atoms with Gasteiger partial charge in [0, 0.05) is 12.1 Å². The van der Waals surface area contributed by atoms with Crippen LogP contribution in [-0.4, -0.2) is 23.3 Å². The molecule has 1 rings (SSSR count). The van der Waals surface area contributed by atoms with E-state index >= 15 is 0 Å². The van der Waals surface area contributed by atoms with E-state index in [1.54, 1.807) is 0 Å². The zero-order chi connectivity index (χ0) is 12.8. The second-order valence-electron chi connectivity index (χ2n) is 5.25. The first-order valence-electron chi connectivity index (χ1n) is 6.48. The first-order chi connectivity index (χ1) is 8.00. The summed E-state index contributed by atoms with van der Waals surface area (Å²) in [6.45, 7) is 8.59. The molecule has 0 aliphatic carbocycles. The second-order valence-corrected chi connectivity index (χ2v) is 5.25. The van der Waals surface area contributed by atoms with Crippen molar-refractivity contribution >= 4 is 0 Å². The Bertz CT molecular complexity index is 310. The van der Waals surface area contributed by atoms with Crippen LogP contribution >= 0.6 is 0 Å². The lowest BCUT2D eigenvalue weighted by Crippen LogP contribution is -2.45. The van der Waals surface area contributed by atoms with E-state index in [1.165, 1.54) is 5.56 Å². The molecule has 0 amide bonds. The number of nitrogens with one attached hydrogen (secondary N) is 1. The zero-order valence-electron chi connectivity index (χ0n) is 11.4. The monoisotopic (exact) mass is 235 g/mol. The molecular weight excluding hydrogens is 210 g/mol. The average Bonchev–Trinajstić information content (AvgIpc) is 2.29. The minimum Gasteiger partial charge on any atom is -0.391 e. The van der Waals surface area contributed by atoms with Crippen molar-refractivity contribution in [1.82, 2.24) is 5.32 Å². The third-order valence-electron chi connectivity index (χ3n) is 3.39. The smallest absolute Gasteiger partial charge is 0.0730 e. The molecule has 2 N–H and O–H groups in total. The summed E-state index contributed by atoms with van der Waals surface area (Å²) in [5, 5.41) is 13.6. The van der Waals surface area contributed by atoms with Crippen LogP contribution in [0.1, 0.15) is 33.3 Å². The number of hydrogen-bond donors (Lipinski definition) is 2. The van der Waals surface area contributed by atoms with Crippen LogP contribution in [0.15, 0.2) is 30.3 Å². The van der Waals surface area contributed by atoms with E-state index in [0.29, 0.717) is 18.4 Å². The van der Waals surface area contributed by atoms with Gasteiger partial charge in [-0.05, 0) is 31.7 Å². The summed E-state index contributed by atoms with van der Waals surface area (Å²) in [6, 6.07) is 10.7. The molecule has 2 heteroatoms. The Morgan fingerprint density at radius 3 is 2.12 bits per heavy atom. The number of rotatable bonds is 6. The first kappa shape index (κ1) is 14.2. The van der Waals surface area contributed by atoms with E-state index < -0.39 is 0 Å². The first-order valence-corrected chi connectivity index (χ1v) is 6.48. The lowest BCUT2D eigenvalue weighted by molar-refractivity contribution is 0.125. The highest BCUT2D eigenvalue weighted by Crippen LogP contribution is 2.08. The van der Waals surface area contributed by atoms with Gasteiger partial charge in [-0.15, -0.1) is 0 Å². The van der Waals surface area contributed by atoms with Crippen LogP contribution in [0, 0.1) is 5.92 Å². The standard InChI is InChI=1S/C15H25NO/c1-11(2)12(3)16-13(4)15(17)10-14-8-6-5-7-9-14/h5-9,11-13,15-17H,10H2,1-4H3. The fraction of sp³-hybridized carbons (Fsp3) is 0.600. The van der Waals surface area contributed by atoms with Crippen molar-refractivity contribution in [2.75, 3.05) is 0 Å². The number of aliphatic hydroxyl groups excluding tert-OH is 1. The van der Waals surface area contributed by atoms with E-state index in [4.69, 9.17) is 0 Å². The summed E-state index contributed by atoms with van der Waals surface area (Å²) in [7, 11) is 0. The molecule has 3 atom stereocenters. The van der Waals surface area contributed by atoms with E-state index in [2.05, 4.69) is 38.2 Å². The van der Waals surface area contributed by atoms with Crippen LogP contribution in [0.5, 0.6) is 0 Å². The van der Waals surface area contributed by atoms with Gasteiger partial charge in [0.05, 0.1) is 6.10 Å². The Morgan fingerprint density at radius 2 is 1.59 bits per heavy atom. The van der Waals surface area contributed by atoms with Gasteiger partial charge < -0.3 is 10.4 Å².